The van der Waals surface area contributed by atoms with E-state index in [1.165, 1.54) is 24.3 Å². The van der Waals surface area contributed by atoms with Crippen molar-refractivity contribution in [1.29, 1.82) is 0 Å². The highest BCUT2D eigenvalue weighted by Gasteiger charge is 2.13. The number of carbonyl (C=O) groups excluding carboxylic acids is 2. The van der Waals surface area contributed by atoms with Gasteiger partial charge in [0, 0.05) is 25.1 Å². The maximum atomic E-state index is 12.8. The van der Waals surface area contributed by atoms with E-state index in [1.807, 2.05) is 0 Å². The van der Waals surface area contributed by atoms with Crippen LogP contribution in [0.5, 0.6) is 0 Å². The molecule has 1 aromatic rings. The minimum Gasteiger partial charge on any atom is -0.356 e. The Bertz CT molecular complexity index is 513. The molecule has 0 aromatic heterocycles. The second-order valence-corrected chi connectivity index (χ2v) is 5.88. The van der Waals surface area contributed by atoms with E-state index in [1.54, 1.807) is 0 Å². The number of carbonyl (C=O) groups is 2. The maximum absolute atomic E-state index is 12.8. The first-order chi connectivity index (χ1) is 11.1. The first-order valence-corrected chi connectivity index (χ1v) is 8.16. The second-order valence-electron chi connectivity index (χ2n) is 5.88. The molecule has 3 N–H and O–H groups in total. The summed E-state index contributed by atoms with van der Waals surface area (Å²) in [6, 6.07) is 5.39. The molecule has 126 valence electrons. The highest BCUT2D eigenvalue weighted by molar-refractivity contribution is 5.94. The molecule has 1 atom stereocenters. The van der Waals surface area contributed by atoms with Crippen molar-refractivity contribution in [3.05, 3.63) is 35.6 Å². The van der Waals surface area contributed by atoms with Crippen molar-refractivity contribution in [2.24, 2.45) is 5.92 Å². The molecule has 23 heavy (non-hydrogen) atoms. The maximum Gasteiger partial charge on any atom is 0.251 e. The third-order valence-electron chi connectivity index (χ3n) is 3.96. The summed E-state index contributed by atoms with van der Waals surface area (Å²) < 4.78 is 12.8. The van der Waals surface area contributed by atoms with E-state index < -0.39 is 0 Å². The van der Waals surface area contributed by atoms with Crippen molar-refractivity contribution in [1.82, 2.24) is 16.0 Å². The molecule has 2 rings (SSSR count). The molecule has 1 aromatic carbocycles. The molecule has 0 radical (unpaired) electrons. The van der Waals surface area contributed by atoms with E-state index in [0.717, 1.165) is 25.9 Å². The van der Waals surface area contributed by atoms with Gasteiger partial charge in [0.15, 0.2) is 0 Å². The Balaban J connectivity index is 1.56. The first kappa shape index (κ1) is 17.4. The molecule has 1 saturated heterocycles. The SMILES string of the molecule is O=C(CCCNC(=O)c1ccc(F)cc1)NCC1CCCNC1. The van der Waals surface area contributed by atoms with Crippen LogP contribution in [-0.4, -0.2) is 38.0 Å². The standard InChI is InChI=1S/C17H24FN3O2/c18-15-7-5-14(6-8-15)17(23)20-10-2-4-16(22)21-12-13-3-1-9-19-11-13/h5-8,13,19H,1-4,9-12H2,(H,20,23)(H,21,22). The Morgan fingerprint density at radius 2 is 2.00 bits per heavy atom. The average Bonchev–Trinajstić information content (AvgIpc) is 2.58. The summed E-state index contributed by atoms with van der Waals surface area (Å²) in [6.07, 6.45) is 3.29. The van der Waals surface area contributed by atoms with Crippen LogP contribution >= 0.6 is 0 Å². The minimum atomic E-state index is -0.369. The summed E-state index contributed by atoms with van der Waals surface area (Å²) in [7, 11) is 0. The van der Waals surface area contributed by atoms with Crippen molar-refractivity contribution < 1.29 is 14.0 Å². The summed E-state index contributed by atoms with van der Waals surface area (Å²) in [6.45, 7) is 3.18. The van der Waals surface area contributed by atoms with Gasteiger partial charge in [-0.25, -0.2) is 4.39 Å². The van der Waals surface area contributed by atoms with Gasteiger partial charge in [0.25, 0.3) is 5.91 Å². The van der Waals surface area contributed by atoms with Crippen molar-refractivity contribution in [3.63, 3.8) is 0 Å². The Kier molecular flexibility index (Phi) is 7.00. The van der Waals surface area contributed by atoms with Crippen molar-refractivity contribution in [2.45, 2.75) is 25.7 Å². The molecule has 1 heterocycles. The lowest BCUT2D eigenvalue weighted by Gasteiger charge is -2.22. The predicted octanol–water partition coefficient (Wildman–Crippen LogP) is 1.45. The van der Waals surface area contributed by atoms with Crippen molar-refractivity contribution in [2.75, 3.05) is 26.2 Å². The zero-order chi connectivity index (χ0) is 16.5. The van der Waals surface area contributed by atoms with E-state index >= 15 is 0 Å². The monoisotopic (exact) mass is 321 g/mol. The van der Waals surface area contributed by atoms with Gasteiger partial charge in [-0.15, -0.1) is 0 Å². The molecule has 1 unspecified atom stereocenters. The van der Waals surface area contributed by atoms with Crippen LogP contribution in [0.4, 0.5) is 4.39 Å². The molecular weight excluding hydrogens is 297 g/mol. The predicted molar refractivity (Wildman–Crippen MR) is 86.6 cm³/mol. The fraction of sp³-hybridized carbons (Fsp3) is 0.529. The number of piperidine rings is 1. The number of amides is 2. The Labute approximate surface area is 136 Å². The largest absolute Gasteiger partial charge is 0.356 e. The molecule has 0 saturated carbocycles. The minimum absolute atomic E-state index is 0.0200. The van der Waals surface area contributed by atoms with Crippen LogP contribution in [0.15, 0.2) is 24.3 Å². The Morgan fingerprint density at radius 1 is 1.22 bits per heavy atom. The molecule has 0 bridgehead atoms. The van der Waals surface area contributed by atoms with Gasteiger partial charge in [0.2, 0.25) is 5.91 Å². The molecule has 1 aliphatic rings. The first-order valence-electron chi connectivity index (χ1n) is 8.16. The number of rotatable bonds is 7. The van der Waals surface area contributed by atoms with Gasteiger partial charge in [0.1, 0.15) is 5.82 Å². The highest BCUT2D eigenvalue weighted by Crippen LogP contribution is 2.08. The highest BCUT2D eigenvalue weighted by atomic mass is 19.1. The summed E-state index contributed by atoms with van der Waals surface area (Å²) in [5.41, 5.74) is 0.417. The Morgan fingerprint density at radius 3 is 2.70 bits per heavy atom. The number of hydrogen-bond donors (Lipinski definition) is 3. The van der Waals surface area contributed by atoms with Crippen LogP contribution in [0.2, 0.25) is 0 Å². The van der Waals surface area contributed by atoms with Gasteiger partial charge in [-0.05, 0) is 62.5 Å². The van der Waals surface area contributed by atoms with E-state index in [9.17, 15) is 14.0 Å². The fourth-order valence-corrected chi connectivity index (χ4v) is 2.60. The third-order valence-corrected chi connectivity index (χ3v) is 3.96. The van der Waals surface area contributed by atoms with Crippen LogP contribution < -0.4 is 16.0 Å². The van der Waals surface area contributed by atoms with Gasteiger partial charge in [0.05, 0.1) is 0 Å². The average molecular weight is 321 g/mol. The van der Waals surface area contributed by atoms with Crippen molar-refractivity contribution in [3.8, 4) is 0 Å². The van der Waals surface area contributed by atoms with Crippen molar-refractivity contribution >= 4 is 11.8 Å². The zero-order valence-electron chi connectivity index (χ0n) is 13.2. The fourth-order valence-electron chi connectivity index (χ4n) is 2.60. The topological polar surface area (TPSA) is 70.2 Å². The molecule has 1 fully saturated rings. The lowest BCUT2D eigenvalue weighted by molar-refractivity contribution is -0.121. The molecule has 0 aliphatic carbocycles. The van der Waals surface area contributed by atoms with E-state index in [4.69, 9.17) is 0 Å². The van der Waals surface area contributed by atoms with Gasteiger partial charge >= 0.3 is 0 Å². The van der Waals surface area contributed by atoms with E-state index in [0.29, 0.717) is 37.4 Å². The van der Waals surface area contributed by atoms with Crippen LogP contribution in [0.1, 0.15) is 36.0 Å². The number of nitrogens with one attached hydrogen (secondary N) is 3. The van der Waals surface area contributed by atoms with Crippen LogP contribution in [0.25, 0.3) is 0 Å². The smallest absolute Gasteiger partial charge is 0.251 e. The molecule has 1 aliphatic heterocycles. The van der Waals surface area contributed by atoms with Crippen LogP contribution in [0.3, 0.4) is 0 Å². The normalized spacial score (nSPS) is 17.5. The van der Waals surface area contributed by atoms with Gasteiger partial charge < -0.3 is 16.0 Å². The molecule has 5 nitrogen and oxygen atoms in total. The lowest BCUT2D eigenvalue weighted by Crippen LogP contribution is -2.38. The number of halogens is 1. The quantitative estimate of drug-likeness (QED) is 0.666. The molecule has 2 amide bonds. The van der Waals surface area contributed by atoms with Crippen LogP contribution in [0, 0.1) is 11.7 Å². The lowest BCUT2D eigenvalue weighted by atomic mass is 10.00. The molecular formula is C17H24FN3O2. The summed E-state index contributed by atoms with van der Waals surface area (Å²) in [4.78, 5) is 23.5. The Hall–Kier alpha value is -1.95. The summed E-state index contributed by atoms with van der Waals surface area (Å²) in [5.74, 6) is -0.0810. The molecule has 0 spiro atoms. The van der Waals surface area contributed by atoms with Gasteiger partial charge in [-0.3, -0.25) is 9.59 Å². The third kappa shape index (κ3) is 6.36. The summed E-state index contributed by atoms with van der Waals surface area (Å²) in [5, 5.41) is 8.99. The van der Waals surface area contributed by atoms with Crippen LogP contribution in [-0.2, 0) is 4.79 Å². The van der Waals surface area contributed by atoms with Gasteiger partial charge in [-0.2, -0.15) is 0 Å². The summed E-state index contributed by atoms with van der Waals surface area (Å²) >= 11 is 0. The van der Waals surface area contributed by atoms with E-state index in [-0.39, 0.29) is 17.6 Å². The number of hydrogen-bond acceptors (Lipinski definition) is 3. The molecule has 6 heteroatoms. The van der Waals surface area contributed by atoms with E-state index in [2.05, 4.69) is 16.0 Å². The number of benzene rings is 1. The zero-order valence-corrected chi connectivity index (χ0v) is 13.2. The second kappa shape index (κ2) is 9.25. The van der Waals surface area contributed by atoms with Gasteiger partial charge in [-0.1, -0.05) is 0 Å².